The van der Waals surface area contributed by atoms with Gasteiger partial charge in [-0.3, -0.25) is 4.79 Å². The van der Waals surface area contributed by atoms with Crippen LogP contribution in [0.15, 0.2) is 42.5 Å². The lowest BCUT2D eigenvalue weighted by Gasteiger charge is -2.06. The molecule has 0 saturated heterocycles. The number of rotatable bonds is 4. The molecule has 2 nitrogen and oxygen atoms in total. The minimum Gasteiger partial charge on any atom is -0.352 e. The van der Waals surface area contributed by atoms with E-state index in [-0.39, 0.29) is 17.9 Å². The topological polar surface area (TPSA) is 29.1 Å². The van der Waals surface area contributed by atoms with Gasteiger partial charge in [-0.1, -0.05) is 18.2 Å². The van der Waals surface area contributed by atoms with Gasteiger partial charge in [0.25, 0.3) is 5.91 Å². The average molecular weight is 279 g/mol. The number of halogens is 3. The van der Waals surface area contributed by atoms with E-state index in [1.807, 2.05) is 0 Å². The normalized spacial score (nSPS) is 10.3. The van der Waals surface area contributed by atoms with Gasteiger partial charge in [-0.15, -0.1) is 0 Å². The summed E-state index contributed by atoms with van der Waals surface area (Å²) in [6.45, 7) is 0.207. The minimum absolute atomic E-state index is 0.207. The van der Waals surface area contributed by atoms with E-state index in [1.165, 1.54) is 24.3 Å². The molecule has 0 unspecified atom stereocenters. The molecule has 2 aromatic carbocycles. The first-order valence-corrected chi connectivity index (χ1v) is 6.04. The molecular formula is C15H12F3NO. The third-order valence-corrected chi connectivity index (χ3v) is 2.78. The van der Waals surface area contributed by atoms with E-state index in [0.29, 0.717) is 12.0 Å². The Balaban J connectivity index is 1.94. The Morgan fingerprint density at radius 1 is 1.05 bits per heavy atom. The van der Waals surface area contributed by atoms with Gasteiger partial charge in [0.15, 0.2) is 11.6 Å². The van der Waals surface area contributed by atoms with E-state index in [4.69, 9.17) is 0 Å². The van der Waals surface area contributed by atoms with Crippen LogP contribution < -0.4 is 5.32 Å². The second kappa shape index (κ2) is 6.23. The lowest BCUT2D eigenvalue weighted by atomic mass is 10.1. The third kappa shape index (κ3) is 3.38. The maximum absolute atomic E-state index is 13.4. The zero-order valence-electron chi connectivity index (χ0n) is 10.5. The lowest BCUT2D eigenvalue weighted by Crippen LogP contribution is -2.26. The highest BCUT2D eigenvalue weighted by molar-refractivity contribution is 5.94. The van der Waals surface area contributed by atoms with Crippen molar-refractivity contribution in [2.24, 2.45) is 0 Å². The van der Waals surface area contributed by atoms with Gasteiger partial charge in [0.2, 0.25) is 0 Å². The molecule has 5 heteroatoms. The highest BCUT2D eigenvalue weighted by Gasteiger charge is 2.14. The maximum Gasteiger partial charge on any atom is 0.254 e. The highest BCUT2D eigenvalue weighted by atomic mass is 19.2. The summed E-state index contributed by atoms with van der Waals surface area (Å²) in [5.41, 5.74) is 0.370. The number of hydrogen-bond donors (Lipinski definition) is 1. The number of nitrogens with one attached hydrogen (secondary N) is 1. The summed E-state index contributed by atoms with van der Waals surface area (Å²) in [5, 5.41) is 2.47. The average Bonchev–Trinajstić information content (AvgIpc) is 2.42. The predicted molar refractivity (Wildman–Crippen MR) is 68.8 cm³/mol. The van der Waals surface area contributed by atoms with E-state index >= 15 is 0 Å². The highest BCUT2D eigenvalue weighted by Crippen LogP contribution is 2.11. The van der Waals surface area contributed by atoms with Gasteiger partial charge in [0, 0.05) is 6.54 Å². The first kappa shape index (κ1) is 14.1. The Morgan fingerprint density at radius 3 is 2.55 bits per heavy atom. The first-order valence-electron chi connectivity index (χ1n) is 6.04. The summed E-state index contributed by atoms with van der Waals surface area (Å²) in [4.78, 5) is 11.7. The van der Waals surface area contributed by atoms with E-state index in [1.54, 1.807) is 12.1 Å². The molecule has 0 aromatic heterocycles. The summed E-state index contributed by atoms with van der Waals surface area (Å²) in [6, 6.07) is 9.38. The van der Waals surface area contributed by atoms with Crippen molar-refractivity contribution in [3.8, 4) is 0 Å². The standard InChI is InChI=1S/C15H12F3NO/c16-11-4-1-3-10(9-11)7-8-19-15(20)12-5-2-6-13(17)14(12)18/h1-6,9H,7-8H2,(H,19,20). The smallest absolute Gasteiger partial charge is 0.254 e. The first-order chi connectivity index (χ1) is 9.58. The van der Waals surface area contributed by atoms with Crippen molar-refractivity contribution in [2.45, 2.75) is 6.42 Å². The van der Waals surface area contributed by atoms with E-state index in [2.05, 4.69) is 5.32 Å². The largest absolute Gasteiger partial charge is 0.352 e. The second-order valence-electron chi connectivity index (χ2n) is 4.24. The second-order valence-corrected chi connectivity index (χ2v) is 4.24. The van der Waals surface area contributed by atoms with Crippen molar-refractivity contribution in [1.29, 1.82) is 0 Å². The van der Waals surface area contributed by atoms with Crippen LogP contribution in [0.1, 0.15) is 15.9 Å². The van der Waals surface area contributed by atoms with Gasteiger partial charge in [0.1, 0.15) is 5.82 Å². The van der Waals surface area contributed by atoms with E-state index in [9.17, 15) is 18.0 Å². The van der Waals surface area contributed by atoms with Crippen LogP contribution in [-0.2, 0) is 6.42 Å². The van der Waals surface area contributed by atoms with Crippen molar-refractivity contribution >= 4 is 5.91 Å². The molecule has 1 amide bonds. The van der Waals surface area contributed by atoms with Crippen molar-refractivity contribution in [2.75, 3.05) is 6.54 Å². The molecule has 0 saturated carbocycles. The zero-order chi connectivity index (χ0) is 14.5. The predicted octanol–water partition coefficient (Wildman–Crippen LogP) is 3.08. The van der Waals surface area contributed by atoms with Crippen molar-refractivity contribution in [3.05, 3.63) is 71.0 Å². The van der Waals surface area contributed by atoms with Gasteiger partial charge in [-0.25, -0.2) is 13.2 Å². The molecule has 0 bridgehead atoms. The minimum atomic E-state index is -1.17. The Labute approximate surface area is 114 Å². The molecular weight excluding hydrogens is 267 g/mol. The van der Waals surface area contributed by atoms with Crippen LogP contribution in [0.25, 0.3) is 0 Å². The number of carbonyl (C=O) groups is 1. The Kier molecular flexibility index (Phi) is 4.40. The monoisotopic (exact) mass is 279 g/mol. The summed E-state index contributed by atoms with van der Waals surface area (Å²) >= 11 is 0. The molecule has 0 spiro atoms. The molecule has 0 radical (unpaired) electrons. The molecule has 0 aliphatic carbocycles. The number of benzene rings is 2. The molecule has 0 atom stereocenters. The summed E-state index contributed by atoms with van der Waals surface area (Å²) < 4.78 is 39.3. The molecule has 0 fully saturated rings. The van der Waals surface area contributed by atoms with Crippen LogP contribution >= 0.6 is 0 Å². The van der Waals surface area contributed by atoms with Gasteiger partial charge >= 0.3 is 0 Å². The van der Waals surface area contributed by atoms with Crippen molar-refractivity contribution in [1.82, 2.24) is 5.32 Å². The maximum atomic E-state index is 13.4. The molecule has 1 N–H and O–H groups in total. The Morgan fingerprint density at radius 2 is 1.80 bits per heavy atom. The van der Waals surface area contributed by atoms with Crippen LogP contribution in [-0.4, -0.2) is 12.5 Å². The molecule has 2 aromatic rings. The Hall–Kier alpha value is -2.30. The lowest BCUT2D eigenvalue weighted by molar-refractivity contribution is 0.0949. The fourth-order valence-corrected chi connectivity index (χ4v) is 1.79. The fourth-order valence-electron chi connectivity index (χ4n) is 1.79. The zero-order valence-corrected chi connectivity index (χ0v) is 10.5. The number of hydrogen-bond acceptors (Lipinski definition) is 1. The van der Waals surface area contributed by atoms with Crippen LogP contribution in [0.4, 0.5) is 13.2 Å². The van der Waals surface area contributed by atoms with E-state index in [0.717, 1.165) is 6.07 Å². The SMILES string of the molecule is O=C(NCCc1cccc(F)c1)c1cccc(F)c1F. The molecule has 0 heterocycles. The fraction of sp³-hybridized carbons (Fsp3) is 0.133. The van der Waals surface area contributed by atoms with Crippen LogP contribution in [0.5, 0.6) is 0 Å². The third-order valence-electron chi connectivity index (χ3n) is 2.78. The molecule has 0 aliphatic heterocycles. The summed E-state index contributed by atoms with van der Waals surface area (Å²) in [6.07, 6.45) is 0.403. The van der Waals surface area contributed by atoms with Crippen molar-refractivity contribution in [3.63, 3.8) is 0 Å². The summed E-state index contributed by atoms with van der Waals surface area (Å²) in [5.74, 6) is -3.29. The molecule has 104 valence electrons. The van der Waals surface area contributed by atoms with Crippen LogP contribution in [0, 0.1) is 17.5 Å². The van der Waals surface area contributed by atoms with E-state index < -0.39 is 17.5 Å². The molecule has 20 heavy (non-hydrogen) atoms. The van der Waals surface area contributed by atoms with Gasteiger partial charge in [0.05, 0.1) is 5.56 Å². The van der Waals surface area contributed by atoms with Crippen molar-refractivity contribution < 1.29 is 18.0 Å². The Bertz CT molecular complexity index is 628. The van der Waals surface area contributed by atoms with Crippen LogP contribution in [0.3, 0.4) is 0 Å². The van der Waals surface area contributed by atoms with Gasteiger partial charge in [-0.2, -0.15) is 0 Å². The quantitative estimate of drug-likeness (QED) is 0.915. The van der Waals surface area contributed by atoms with Crippen LogP contribution in [0.2, 0.25) is 0 Å². The molecule has 2 rings (SSSR count). The molecule has 0 aliphatic rings. The summed E-state index contributed by atoms with van der Waals surface area (Å²) in [7, 11) is 0. The number of carbonyl (C=O) groups excluding carboxylic acids is 1. The van der Waals surface area contributed by atoms with Gasteiger partial charge in [-0.05, 0) is 36.2 Å². The van der Waals surface area contributed by atoms with Gasteiger partial charge < -0.3 is 5.32 Å². The number of amides is 1.